The summed E-state index contributed by atoms with van der Waals surface area (Å²) >= 11 is 5.78. The van der Waals surface area contributed by atoms with Crippen molar-refractivity contribution < 1.29 is 4.79 Å². The zero-order valence-electron chi connectivity index (χ0n) is 9.90. The lowest BCUT2D eigenvalue weighted by molar-refractivity contribution is -0.116. The summed E-state index contributed by atoms with van der Waals surface area (Å²) in [4.78, 5) is 11.7. The molecular formula is C15H14ClNO. The molecule has 0 bridgehead atoms. The Bertz CT molecular complexity index is 508. The maximum atomic E-state index is 11.7. The summed E-state index contributed by atoms with van der Waals surface area (Å²) in [7, 11) is 0. The number of nitrogens with one attached hydrogen (secondary N) is 1. The van der Waals surface area contributed by atoms with E-state index < -0.39 is 0 Å². The summed E-state index contributed by atoms with van der Waals surface area (Å²) in [5, 5.41) is 3.51. The summed E-state index contributed by atoms with van der Waals surface area (Å²) in [5.41, 5.74) is 1.95. The van der Waals surface area contributed by atoms with Gasteiger partial charge in [-0.15, -0.1) is 0 Å². The third-order valence-corrected chi connectivity index (χ3v) is 2.86. The highest BCUT2D eigenvalue weighted by molar-refractivity contribution is 6.30. The van der Waals surface area contributed by atoms with Crippen molar-refractivity contribution in [2.24, 2.45) is 0 Å². The molecule has 0 aliphatic rings. The van der Waals surface area contributed by atoms with Crippen molar-refractivity contribution in [3.63, 3.8) is 0 Å². The molecule has 0 unspecified atom stereocenters. The van der Waals surface area contributed by atoms with Crippen LogP contribution in [0.15, 0.2) is 54.6 Å². The fourth-order valence-corrected chi connectivity index (χ4v) is 1.79. The van der Waals surface area contributed by atoms with E-state index in [1.165, 1.54) is 5.56 Å². The lowest BCUT2D eigenvalue weighted by atomic mass is 10.1. The van der Waals surface area contributed by atoms with Gasteiger partial charge in [-0.1, -0.05) is 41.9 Å². The number of amides is 1. The lowest BCUT2D eigenvalue weighted by Gasteiger charge is -2.05. The fraction of sp³-hybridized carbons (Fsp3) is 0.133. The lowest BCUT2D eigenvalue weighted by Crippen LogP contribution is -2.12. The molecule has 2 nitrogen and oxygen atoms in total. The minimum atomic E-state index is 0.0150. The van der Waals surface area contributed by atoms with Gasteiger partial charge in [-0.3, -0.25) is 4.79 Å². The number of halogens is 1. The minimum absolute atomic E-state index is 0.0150. The molecule has 0 saturated carbocycles. The van der Waals surface area contributed by atoms with Gasteiger partial charge in [-0.05, 0) is 36.2 Å². The van der Waals surface area contributed by atoms with Crippen LogP contribution in [0.1, 0.15) is 12.0 Å². The normalized spacial score (nSPS) is 10.1. The first-order chi connectivity index (χ1) is 8.74. The molecule has 0 heterocycles. The van der Waals surface area contributed by atoms with Crippen LogP contribution in [0.2, 0.25) is 5.02 Å². The molecule has 0 saturated heterocycles. The van der Waals surface area contributed by atoms with Crippen LogP contribution in [-0.4, -0.2) is 5.91 Å². The maximum Gasteiger partial charge on any atom is 0.224 e. The SMILES string of the molecule is O=C(CCc1ccccc1)Nc1ccc(Cl)cc1. The molecule has 2 rings (SSSR count). The highest BCUT2D eigenvalue weighted by Gasteiger charge is 2.02. The Kier molecular flexibility index (Phi) is 4.37. The molecule has 0 atom stereocenters. The molecular weight excluding hydrogens is 246 g/mol. The summed E-state index contributed by atoms with van der Waals surface area (Å²) in [6.45, 7) is 0. The van der Waals surface area contributed by atoms with E-state index in [0.29, 0.717) is 11.4 Å². The van der Waals surface area contributed by atoms with Gasteiger partial charge < -0.3 is 5.32 Å². The predicted octanol–water partition coefficient (Wildman–Crippen LogP) is 3.91. The van der Waals surface area contributed by atoms with E-state index in [9.17, 15) is 4.79 Å². The Balaban J connectivity index is 1.84. The third-order valence-electron chi connectivity index (χ3n) is 2.61. The number of rotatable bonds is 4. The zero-order chi connectivity index (χ0) is 12.8. The van der Waals surface area contributed by atoms with Gasteiger partial charge >= 0.3 is 0 Å². The Morgan fingerprint density at radius 2 is 1.67 bits per heavy atom. The van der Waals surface area contributed by atoms with E-state index in [1.54, 1.807) is 24.3 Å². The number of aryl methyl sites for hydroxylation is 1. The van der Waals surface area contributed by atoms with Crippen molar-refractivity contribution in [2.45, 2.75) is 12.8 Å². The summed E-state index contributed by atoms with van der Waals surface area (Å²) in [6, 6.07) is 17.1. The van der Waals surface area contributed by atoms with E-state index in [0.717, 1.165) is 12.1 Å². The molecule has 0 aliphatic carbocycles. The Morgan fingerprint density at radius 1 is 1.00 bits per heavy atom. The average Bonchev–Trinajstić information content (AvgIpc) is 2.40. The van der Waals surface area contributed by atoms with Crippen molar-refractivity contribution in [3.05, 3.63) is 65.2 Å². The van der Waals surface area contributed by atoms with Crippen LogP contribution in [0, 0.1) is 0 Å². The minimum Gasteiger partial charge on any atom is -0.326 e. The Morgan fingerprint density at radius 3 is 2.33 bits per heavy atom. The van der Waals surface area contributed by atoms with Gasteiger partial charge in [0.1, 0.15) is 0 Å². The van der Waals surface area contributed by atoms with Crippen LogP contribution in [0.3, 0.4) is 0 Å². The van der Waals surface area contributed by atoms with Crippen molar-refractivity contribution in [1.29, 1.82) is 0 Å². The van der Waals surface area contributed by atoms with Crippen molar-refractivity contribution in [3.8, 4) is 0 Å². The van der Waals surface area contributed by atoms with E-state index in [-0.39, 0.29) is 5.91 Å². The van der Waals surface area contributed by atoms with Gasteiger partial charge in [0.15, 0.2) is 0 Å². The second kappa shape index (κ2) is 6.22. The molecule has 18 heavy (non-hydrogen) atoms. The molecule has 92 valence electrons. The van der Waals surface area contributed by atoms with E-state index in [2.05, 4.69) is 5.32 Å². The van der Waals surface area contributed by atoms with Gasteiger partial charge in [0.05, 0.1) is 0 Å². The van der Waals surface area contributed by atoms with Gasteiger partial charge in [-0.2, -0.15) is 0 Å². The topological polar surface area (TPSA) is 29.1 Å². The third kappa shape index (κ3) is 3.90. The quantitative estimate of drug-likeness (QED) is 0.886. The van der Waals surface area contributed by atoms with Crippen molar-refractivity contribution in [2.75, 3.05) is 5.32 Å². The molecule has 0 aliphatic heterocycles. The van der Waals surface area contributed by atoms with E-state index in [4.69, 9.17) is 11.6 Å². The molecule has 1 N–H and O–H groups in total. The van der Waals surface area contributed by atoms with Crippen LogP contribution < -0.4 is 5.32 Å². The molecule has 0 fully saturated rings. The summed E-state index contributed by atoms with van der Waals surface area (Å²) in [6.07, 6.45) is 1.23. The maximum absolute atomic E-state index is 11.7. The number of anilines is 1. The first-order valence-corrected chi connectivity index (χ1v) is 6.21. The standard InChI is InChI=1S/C15H14ClNO/c16-13-7-9-14(10-8-13)17-15(18)11-6-12-4-2-1-3-5-12/h1-5,7-10H,6,11H2,(H,17,18). The van der Waals surface area contributed by atoms with Crippen molar-refractivity contribution >= 4 is 23.2 Å². The van der Waals surface area contributed by atoms with E-state index in [1.807, 2.05) is 30.3 Å². The molecule has 1 amide bonds. The monoisotopic (exact) mass is 259 g/mol. The molecule has 2 aromatic carbocycles. The molecule has 0 spiro atoms. The number of carbonyl (C=O) groups excluding carboxylic acids is 1. The summed E-state index contributed by atoms with van der Waals surface area (Å²) in [5.74, 6) is 0.0150. The predicted molar refractivity (Wildman–Crippen MR) is 74.8 cm³/mol. The smallest absolute Gasteiger partial charge is 0.224 e. The number of hydrogen-bond acceptors (Lipinski definition) is 1. The number of benzene rings is 2. The van der Waals surface area contributed by atoms with E-state index >= 15 is 0 Å². The van der Waals surface area contributed by atoms with Crippen molar-refractivity contribution in [1.82, 2.24) is 0 Å². The average molecular weight is 260 g/mol. The Labute approximate surface area is 112 Å². The molecule has 0 aromatic heterocycles. The first-order valence-electron chi connectivity index (χ1n) is 5.83. The number of carbonyl (C=O) groups is 1. The zero-order valence-corrected chi connectivity index (χ0v) is 10.7. The molecule has 3 heteroatoms. The van der Waals surface area contributed by atoms with Crippen LogP contribution in [0.4, 0.5) is 5.69 Å². The van der Waals surface area contributed by atoms with Crippen LogP contribution >= 0.6 is 11.6 Å². The summed E-state index contributed by atoms with van der Waals surface area (Å²) < 4.78 is 0. The molecule has 0 radical (unpaired) electrons. The van der Waals surface area contributed by atoms with Gasteiger partial charge in [-0.25, -0.2) is 0 Å². The van der Waals surface area contributed by atoms with Gasteiger partial charge in [0, 0.05) is 17.1 Å². The molecule has 2 aromatic rings. The van der Waals surface area contributed by atoms with Crippen LogP contribution in [0.5, 0.6) is 0 Å². The fourth-order valence-electron chi connectivity index (χ4n) is 1.66. The Hall–Kier alpha value is -1.80. The van der Waals surface area contributed by atoms with Crippen LogP contribution in [0.25, 0.3) is 0 Å². The largest absolute Gasteiger partial charge is 0.326 e. The highest BCUT2D eigenvalue weighted by atomic mass is 35.5. The van der Waals surface area contributed by atoms with Gasteiger partial charge in [0.25, 0.3) is 0 Å². The second-order valence-electron chi connectivity index (χ2n) is 4.04. The van der Waals surface area contributed by atoms with Crippen LogP contribution in [-0.2, 0) is 11.2 Å². The first kappa shape index (κ1) is 12.7. The van der Waals surface area contributed by atoms with Gasteiger partial charge in [0.2, 0.25) is 5.91 Å². The highest BCUT2D eigenvalue weighted by Crippen LogP contribution is 2.13. The second-order valence-corrected chi connectivity index (χ2v) is 4.48. The number of hydrogen-bond donors (Lipinski definition) is 1.